The second kappa shape index (κ2) is 7.02. The van der Waals surface area contributed by atoms with Gasteiger partial charge < -0.3 is 9.84 Å². The van der Waals surface area contributed by atoms with E-state index in [1.807, 2.05) is 6.92 Å². The number of hydrogen-bond donors (Lipinski definition) is 1. The van der Waals surface area contributed by atoms with Gasteiger partial charge in [-0.25, -0.2) is 0 Å². The van der Waals surface area contributed by atoms with Crippen LogP contribution in [-0.4, -0.2) is 23.9 Å². The van der Waals surface area contributed by atoms with Crippen LogP contribution in [0.5, 0.6) is 0 Å². The molecule has 0 aliphatic heterocycles. The van der Waals surface area contributed by atoms with E-state index in [0.29, 0.717) is 5.92 Å². The molecule has 0 aromatic rings. The third-order valence-corrected chi connectivity index (χ3v) is 2.20. The van der Waals surface area contributed by atoms with Crippen LogP contribution in [0.2, 0.25) is 0 Å². The van der Waals surface area contributed by atoms with Crippen LogP contribution in [0.25, 0.3) is 0 Å². The van der Waals surface area contributed by atoms with Gasteiger partial charge in [0.1, 0.15) is 0 Å². The van der Waals surface area contributed by atoms with Crippen molar-refractivity contribution in [2.75, 3.05) is 13.2 Å². The molecule has 0 aliphatic carbocycles. The van der Waals surface area contributed by atoms with E-state index in [4.69, 9.17) is 9.84 Å². The minimum absolute atomic E-state index is 0.159. The van der Waals surface area contributed by atoms with Crippen LogP contribution in [0.4, 0.5) is 0 Å². The summed E-state index contributed by atoms with van der Waals surface area (Å²) >= 11 is 0. The molecule has 0 aromatic carbocycles. The lowest BCUT2D eigenvalue weighted by Gasteiger charge is -2.20. The van der Waals surface area contributed by atoms with E-state index >= 15 is 0 Å². The Kier molecular flexibility index (Phi) is 6.85. The zero-order valence-electron chi connectivity index (χ0n) is 9.92. The summed E-state index contributed by atoms with van der Waals surface area (Å²) in [5, 5.41) is 8.73. The summed E-state index contributed by atoms with van der Waals surface area (Å²) in [5.41, 5.74) is -0.159. The van der Waals surface area contributed by atoms with Gasteiger partial charge >= 0.3 is 0 Å². The molecule has 1 unspecified atom stereocenters. The maximum absolute atomic E-state index is 8.73. The minimum Gasteiger partial charge on any atom is -0.396 e. The first-order chi connectivity index (χ1) is 6.52. The van der Waals surface area contributed by atoms with Crippen LogP contribution in [0.15, 0.2) is 12.2 Å². The van der Waals surface area contributed by atoms with Crippen molar-refractivity contribution >= 4 is 0 Å². The highest BCUT2D eigenvalue weighted by atomic mass is 16.5. The zero-order chi connectivity index (χ0) is 11.0. The Labute approximate surface area is 88.0 Å². The molecule has 1 N–H and O–H groups in total. The zero-order valence-corrected chi connectivity index (χ0v) is 9.92. The van der Waals surface area contributed by atoms with Crippen LogP contribution in [-0.2, 0) is 4.74 Å². The van der Waals surface area contributed by atoms with E-state index < -0.39 is 0 Å². The third kappa shape index (κ3) is 7.10. The Morgan fingerprint density at radius 3 is 2.57 bits per heavy atom. The van der Waals surface area contributed by atoms with Gasteiger partial charge in [-0.3, -0.25) is 0 Å². The fourth-order valence-corrected chi connectivity index (χ4v) is 1.34. The van der Waals surface area contributed by atoms with Crippen LogP contribution >= 0.6 is 0 Å². The fourth-order valence-electron chi connectivity index (χ4n) is 1.34. The molecule has 0 amide bonds. The molecule has 0 bridgehead atoms. The van der Waals surface area contributed by atoms with Crippen LogP contribution in [0, 0.1) is 5.92 Å². The predicted molar refractivity (Wildman–Crippen MR) is 60.3 cm³/mol. The van der Waals surface area contributed by atoms with Crippen molar-refractivity contribution < 1.29 is 9.84 Å². The smallest absolute Gasteiger partial charge is 0.0806 e. The molecule has 0 saturated heterocycles. The van der Waals surface area contributed by atoms with Crippen molar-refractivity contribution in [2.45, 2.75) is 46.1 Å². The van der Waals surface area contributed by atoms with Gasteiger partial charge in [0.25, 0.3) is 0 Å². The van der Waals surface area contributed by atoms with Gasteiger partial charge in [-0.1, -0.05) is 19.1 Å². The number of rotatable bonds is 7. The maximum atomic E-state index is 8.73. The first-order valence-corrected chi connectivity index (χ1v) is 5.44. The van der Waals surface area contributed by atoms with Gasteiger partial charge in [0.2, 0.25) is 0 Å². The molecule has 1 atom stereocenters. The van der Waals surface area contributed by atoms with Crippen LogP contribution in [0.1, 0.15) is 40.5 Å². The second-order valence-corrected chi connectivity index (χ2v) is 4.29. The minimum atomic E-state index is -0.159. The highest BCUT2D eigenvalue weighted by molar-refractivity contribution is 4.97. The molecule has 2 nitrogen and oxygen atoms in total. The summed E-state index contributed by atoms with van der Waals surface area (Å²) < 4.78 is 5.53. The lowest BCUT2D eigenvalue weighted by Crippen LogP contribution is -2.20. The number of aliphatic hydroxyl groups is 1. The lowest BCUT2D eigenvalue weighted by molar-refractivity contribution is 0.0283. The van der Waals surface area contributed by atoms with Gasteiger partial charge in [0.15, 0.2) is 0 Å². The Hall–Kier alpha value is -0.340. The van der Waals surface area contributed by atoms with E-state index in [1.165, 1.54) is 0 Å². The van der Waals surface area contributed by atoms with Crippen molar-refractivity contribution in [1.82, 2.24) is 0 Å². The average molecular weight is 200 g/mol. The highest BCUT2D eigenvalue weighted by Gasteiger charge is 2.12. The topological polar surface area (TPSA) is 29.5 Å². The molecule has 2 heteroatoms. The van der Waals surface area contributed by atoms with E-state index in [9.17, 15) is 0 Å². The largest absolute Gasteiger partial charge is 0.396 e. The normalized spacial score (nSPS) is 14.9. The van der Waals surface area contributed by atoms with Crippen molar-refractivity contribution in [3.05, 3.63) is 12.2 Å². The molecule has 0 heterocycles. The van der Waals surface area contributed by atoms with Gasteiger partial charge in [-0.2, -0.15) is 0 Å². The number of allylic oxidation sites excluding steroid dienone is 1. The second-order valence-electron chi connectivity index (χ2n) is 4.29. The standard InChI is InChI=1S/C12H24O2/c1-5-14-12(3,4)9-6-7-11(2)8-10-13/h6,9,11,13H,5,7-8,10H2,1-4H3/b9-6+. The Balaban J connectivity index is 3.80. The Morgan fingerprint density at radius 2 is 2.07 bits per heavy atom. The van der Waals surface area contributed by atoms with E-state index in [2.05, 4.69) is 32.9 Å². The van der Waals surface area contributed by atoms with Crippen LogP contribution < -0.4 is 0 Å². The molecular formula is C12H24O2. The van der Waals surface area contributed by atoms with Crippen molar-refractivity contribution in [2.24, 2.45) is 5.92 Å². The van der Waals surface area contributed by atoms with E-state index in [1.54, 1.807) is 0 Å². The van der Waals surface area contributed by atoms with Crippen LogP contribution in [0.3, 0.4) is 0 Å². The van der Waals surface area contributed by atoms with Gasteiger partial charge in [-0.05, 0) is 39.5 Å². The first kappa shape index (κ1) is 13.7. The van der Waals surface area contributed by atoms with Crippen molar-refractivity contribution in [3.63, 3.8) is 0 Å². The predicted octanol–water partition coefficient (Wildman–Crippen LogP) is 2.77. The van der Waals surface area contributed by atoms with Gasteiger partial charge in [0.05, 0.1) is 5.60 Å². The van der Waals surface area contributed by atoms with E-state index in [-0.39, 0.29) is 12.2 Å². The molecule has 14 heavy (non-hydrogen) atoms. The summed E-state index contributed by atoms with van der Waals surface area (Å²) in [7, 11) is 0. The Morgan fingerprint density at radius 1 is 1.43 bits per heavy atom. The lowest BCUT2D eigenvalue weighted by atomic mass is 10.0. The molecule has 0 rings (SSSR count). The monoisotopic (exact) mass is 200 g/mol. The molecule has 84 valence electrons. The first-order valence-electron chi connectivity index (χ1n) is 5.44. The fraction of sp³-hybridized carbons (Fsp3) is 0.833. The summed E-state index contributed by atoms with van der Waals surface area (Å²) in [6.45, 7) is 9.29. The maximum Gasteiger partial charge on any atom is 0.0806 e. The quantitative estimate of drug-likeness (QED) is 0.640. The molecular weight excluding hydrogens is 176 g/mol. The van der Waals surface area contributed by atoms with E-state index in [0.717, 1.165) is 19.4 Å². The number of aliphatic hydroxyl groups excluding tert-OH is 1. The summed E-state index contributed by atoms with van der Waals surface area (Å²) in [4.78, 5) is 0. The molecule has 0 aliphatic rings. The molecule has 0 spiro atoms. The molecule has 0 saturated carbocycles. The van der Waals surface area contributed by atoms with Crippen molar-refractivity contribution in [3.8, 4) is 0 Å². The van der Waals surface area contributed by atoms with Crippen molar-refractivity contribution in [1.29, 1.82) is 0 Å². The number of ether oxygens (including phenoxy) is 1. The average Bonchev–Trinajstić information content (AvgIpc) is 2.03. The third-order valence-electron chi connectivity index (χ3n) is 2.20. The summed E-state index contributed by atoms with van der Waals surface area (Å²) in [6.07, 6.45) is 6.14. The Bertz CT molecular complexity index is 162. The summed E-state index contributed by atoms with van der Waals surface area (Å²) in [6, 6.07) is 0. The molecule has 0 radical (unpaired) electrons. The highest BCUT2D eigenvalue weighted by Crippen LogP contribution is 2.13. The van der Waals surface area contributed by atoms with Gasteiger partial charge in [0, 0.05) is 13.2 Å². The molecule has 0 aromatic heterocycles. The number of hydrogen-bond acceptors (Lipinski definition) is 2. The SMILES string of the molecule is CCOC(C)(C)/C=C/CC(C)CCO. The van der Waals surface area contributed by atoms with Gasteiger partial charge in [-0.15, -0.1) is 0 Å². The molecule has 0 fully saturated rings. The summed E-state index contributed by atoms with van der Waals surface area (Å²) in [5.74, 6) is 0.550.